The summed E-state index contributed by atoms with van der Waals surface area (Å²) >= 11 is 0. The molecule has 1 aromatic rings. The SMILES string of the molecule is CC1=CC(=C(C#N)C#N)C=C(/C=C/c2ccc(C(C)C)cc2)O1. The molecule has 0 amide bonds. The summed E-state index contributed by atoms with van der Waals surface area (Å²) in [4.78, 5) is 0. The Balaban J connectivity index is 2.24. The maximum Gasteiger partial charge on any atom is 0.137 e. The average Bonchev–Trinajstić information content (AvgIpc) is 2.54. The van der Waals surface area contributed by atoms with Crippen molar-refractivity contribution >= 4 is 6.08 Å². The van der Waals surface area contributed by atoms with Crippen LogP contribution < -0.4 is 0 Å². The summed E-state index contributed by atoms with van der Waals surface area (Å²) < 4.78 is 5.62. The van der Waals surface area contributed by atoms with E-state index < -0.39 is 0 Å². The topological polar surface area (TPSA) is 56.8 Å². The van der Waals surface area contributed by atoms with Crippen molar-refractivity contribution < 1.29 is 4.74 Å². The third kappa shape index (κ3) is 4.22. The minimum absolute atomic E-state index is 0.0832. The average molecular weight is 302 g/mol. The first kappa shape index (κ1) is 16.3. The smallest absolute Gasteiger partial charge is 0.137 e. The monoisotopic (exact) mass is 302 g/mol. The zero-order chi connectivity index (χ0) is 16.8. The van der Waals surface area contributed by atoms with Gasteiger partial charge in [0.05, 0.1) is 0 Å². The van der Waals surface area contributed by atoms with Gasteiger partial charge in [-0.15, -0.1) is 0 Å². The molecule has 1 aromatic carbocycles. The first-order valence-electron chi connectivity index (χ1n) is 7.44. The predicted octanol–water partition coefficient (Wildman–Crippen LogP) is 4.98. The van der Waals surface area contributed by atoms with Gasteiger partial charge in [-0.3, -0.25) is 0 Å². The molecule has 0 radical (unpaired) electrons. The van der Waals surface area contributed by atoms with E-state index in [4.69, 9.17) is 15.3 Å². The van der Waals surface area contributed by atoms with Crippen molar-refractivity contribution in [2.24, 2.45) is 0 Å². The maximum absolute atomic E-state index is 8.98. The predicted molar refractivity (Wildman–Crippen MR) is 90.7 cm³/mol. The summed E-state index contributed by atoms with van der Waals surface area (Å²) in [7, 11) is 0. The fourth-order valence-electron chi connectivity index (χ4n) is 2.21. The summed E-state index contributed by atoms with van der Waals surface area (Å²) in [6, 6.07) is 12.1. The zero-order valence-corrected chi connectivity index (χ0v) is 13.5. The largest absolute Gasteiger partial charge is 0.462 e. The van der Waals surface area contributed by atoms with E-state index in [0.29, 0.717) is 23.0 Å². The van der Waals surface area contributed by atoms with Crippen LogP contribution in [0.1, 0.15) is 37.8 Å². The molecule has 2 rings (SSSR count). The number of allylic oxidation sites excluding steroid dienone is 6. The molecule has 3 nitrogen and oxygen atoms in total. The van der Waals surface area contributed by atoms with Crippen molar-refractivity contribution in [1.29, 1.82) is 10.5 Å². The third-order valence-electron chi connectivity index (χ3n) is 3.49. The quantitative estimate of drug-likeness (QED) is 0.739. The zero-order valence-electron chi connectivity index (χ0n) is 13.5. The number of hydrogen-bond donors (Lipinski definition) is 0. The summed E-state index contributed by atoms with van der Waals surface area (Å²) in [6.45, 7) is 6.12. The Hall–Kier alpha value is -3.04. The molecule has 0 aromatic heterocycles. The second-order valence-corrected chi connectivity index (χ2v) is 5.61. The number of benzene rings is 1. The van der Waals surface area contributed by atoms with Crippen LogP contribution in [0.5, 0.6) is 0 Å². The first-order valence-corrected chi connectivity index (χ1v) is 7.44. The minimum atomic E-state index is 0.0832. The van der Waals surface area contributed by atoms with Gasteiger partial charge in [-0.2, -0.15) is 10.5 Å². The molecule has 0 N–H and O–H groups in total. The van der Waals surface area contributed by atoms with Crippen LogP contribution in [0.25, 0.3) is 6.08 Å². The van der Waals surface area contributed by atoms with E-state index in [1.807, 2.05) is 24.3 Å². The summed E-state index contributed by atoms with van der Waals surface area (Å²) in [5, 5.41) is 18.0. The van der Waals surface area contributed by atoms with Crippen LogP contribution in [0.2, 0.25) is 0 Å². The lowest BCUT2D eigenvalue weighted by atomic mass is 10.0. The van der Waals surface area contributed by atoms with E-state index in [0.717, 1.165) is 5.56 Å². The highest BCUT2D eigenvalue weighted by molar-refractivity contribution is 5.57. The van der Waals surface area contributed by atoms with E-state index in [1.54, 1.807) is 19.1 Å². The van der Waals surface area contributed by atoms with E-state index in [-0.39, 0.29) is 5.57 Å². The molecule has 1 aliphatic rings. The molecule has 0 spiro atoms. The fraction of sp³-hybridized carbons (Fsp3) is 0.200. The van der Waals surface area contributed by atoms with Crippen LogP contribution in [0.4, 0.5) is 0 Å². The van der Waals surface area contributed by atoms with Gasteiger partial charge in [-0.25, -0.2) is 0 Å². The third-order valence-corrected chi connectivity index (χ3v) is 3.49. The Bertz CT molecular complexity index is 776. The molecule has 23 heavy (non-hydrogen) atoms. The van der Waals surface area contributed by atoms with Gasteiger partial charge in [-0.1, -0.05) is 44.2 Å². The highest BCUT2D eigenvalue weighted by atomic mass is 16.5. The van der Waals surface area contributed by atoms with Crippen molar-refractivity contribution in [2.45, 2.75) is 26.7 Å². The molecule has 0 saturated heterocycles. The standard InChI is InChI=1S/C20H18N2O/c1-14(2)17-7-4-16(5-8-17)6-9-20-11-18(10-15(3)23-20)19(12-21)13-22/h4-11,14H,1-3H3/b9-6+. The Morgan fingerprint density at radius 3 is 2.26 bits per heavy atom. The summed E-state index contributed by atoms with van der Waals surface area (Å²) in [6.07, 6.45) is 7.18. The molecule has 1 heterocycles. The van der Waals surface area contributed by atoms with Gasteiger partial charge in [0.1, 0.15) is 29.2 Å². The highest BCUT2D eigenvalue weighted by Gasteiger charge is 2.10. The second kappa shape index (κ2) is 7.29. The lowest BCUT2D eigenvalue weighted by Gasteiger charge is -2.13. The van der Waals surface area contributed by atoms with Crippen LogP contribution in [0.3, 0.4) is 0 Å². The number of nitrogens with zero attached hydrogens (tertiary/aromatic N) is 2. The lowest BCUT2D eigenvalue weighted by Crippen LogP contribution is -1.97. The van der Waals surface area contributed by atoms with Gasteiger partial charge in [0.2, 0.25) is 0 Å². The van der Waals surface area contributed by atoms with Gasteiger partial charge < -0.3 is 4.74 Å². The molecule has 1 aliphatic heterocycles. The van der Waals surface area contributed by atoms with Crippen molar-refractivity contribution in [3.8, 4) is 12.1 Å². The van der Waals surface area contributed by atoms with E-state index in [1.165, 1.54) is 5.56 Å². The molecule has 0 fully saturated rings. The van der Waals surface area contributed by atoms with Crippen molar-refractivity contribution in [3.63, 3.8) is 0 Å². The van der Waals surface area contributed by atoms with E-state index >= 15 is 0 Å². The van der Waals surface area contributed by atoms with Gasteiger partial charge >= 0.3 is 0 Å². The molecule has 0 aliphatic carbocycles. The summed E-state index contributed by atoms with van der Waals surface area (Å²) in [5.41, 5.74) is 3.03. The van der Waals surface area contributed by atoms with Gasteiger partial charge in [0.25, 0.3) is 0 Å². The minimum Gasteiger partial charge on any atom is -0.462 e. The van der Waals surface area contributed by atoms with Gasteiger partial charge in [0, 0.05) is 5.57 Å². The molecular formula is C20H18N2O. The Morgan fingerprint density at radius 1 is 1.04 bits per heavy atom. The van der Waals surface area contributed by atoms with E-state index in [2.05, 4.69) is 38.1 Å². The number of rotatable bonds is 3. The van der Waals surface area contributed by atoms with Crippen molar-refractivity contribution in [2.75, 3.05) is 0 Å². The normalized spacial score (nSPS) is 13.9. The maximum atomic E-state index is 8.98. The van der Waals surface area contributed by atoms with Crippen LogP contribution in [-0.2, 0) is 4.74 Å². The Morgan fingerprint density at radius 2 is 1.70 bits per heavy atom. The Kier molecular flexibility index (Phi) is 5.18. The van der Waals surface area contributed by atoms with Crippen LogP contribution in [0.15, 0.2) is 65.2 Å². The number of hydrogen-bond acceptors (Lipinski definition) is 3. The van der Waals surface area contributed by atoms with Crippen molar-refractivity contribution in [3.05, 3.63) is 76.3 Å². The van der Waals surface area contributed by atoms with Gasteiger partial charge in [-0.05, 0) is 42.2 Å². The fourth-order valence-corrected chi connectivity index (χ4v) is 2.21. The van der Waals surface area contributed by atoms with E-state index in [9.17, 15) is 0 Å². The van der Waals surface area contributed by atoms with Crippen LogP contribution in [-0.4, -0.2) is 0 Å². The molecule has 0 unspecified atom stereocenters. The van der Waals surface area contributed by atoms with Gasteiger partial charge in [0.15, 0.2) is 0 Å². The Labute approximate surface area is 137 Å². The molecule has 0 saturated carbocycles. The first-order chi connectivity index (χ1) is 11.0. The number of nitriles is 2. The lowest BCUT2D eigenvalue weighted by molar-refractivity contribution is 0.318. The van der Waals surface area contributed by atoms with Crippen LogP contribution in [0, 0.1) is 22.7 Å². The molecular weight excluding hydrogens is 284 g/mol. The molecule has 3 heteroatoms. The molecule has 114 valence electrons. The van der Waals surface area contributed by atoms with Crippen molar-refractivity contribution in [1.82, 2.24) is 0 Å². The molecule has 0 bridgehead atoms. The number of ether oxygens (including phenoxy) is 1. The summed E-state index contributed by atoms with van der Waals surface area (Å²) in [5.74, 6) is 1.77. The molecule has 0 atom stereocenters. The van der Waals surface area contributed by atoms with Crippen LogP contribution >= 0.6 is 0 Å². The second-order valence-electron chi connectivity index (χ2n) is 5.61. The highest BCUT2D eigenvalue weighted by Crippen LogP contribution is 2.23.